The van der Waals surface area contributed by atoms with Crippen LogP contribution in [-0.2, 0) is 6.18 Å². The molecule has 0 spiro atoms. The quantitative estimate of drug-likeness (QED) is 0.0881. The molecular weight excluding hydrogens is 539 g/mol. The molecule has 1 amide bonds. The zero-order valence-electron chi connectivity index (χ0n) is 20.4. The number of ether oxygens (including phenoxy) is 1. The number of nitro benzene ring substituents is 1. The lowest BCUT2D eigenvalue weighted by Crippen LogP contribution is -2.17. The van der Waals surface area contributed by atoms with Crippen LogP contribution in [0.2, 0.25) is 0 Å². The van der Waals surface area contributed by atoms with E-state index in [1.165, 1.54) is 24.3 Å². The SMILES string of the molecule is Cc1cccc(C(=O)Oc2ccc(-c3ccc(F)cc3F)cc2C(=O)Nc2ccc([N+](=O)[O-])c(C(F)(F)F)c2)c1. The lowest BCUT2D eigenvalue weighted by molar-refractivity contribution is -0.388. The van der Waals surface area contributed by atoms with Gasteiger partial charge in [-0.15, -0.1) is 0 Å². The molecule has 0 aliphatic rings. The fourth-order valence-electron chi connectivity index (χ4n) is 3.82. The van der Waals surface area contributed by atoms with Crippen molar-refractivity contribution in [2.75, 3.05) is 5.32 Å². The molecule has 0 radical (unpaired) electrons. The maximum Gasteiger partial charge on any atom is 0.423 e. The second-order valence-electron chi connectivity index (χ2n) is 8.54. The Morgan fingerprint density at radius 3 is 2.33 bits per heavy atom. The van der Waals surface area contributed by atoms with Crippen LogP contribution in [0.25, 0.3) is 11.1 Å². The number of alkyl halides is 3. The number of amides is 1. The van der Waals surface area contributed by atoms with Crippen LogP contribution in [0.15, 0.2) is 78.9 Å². The van der Waals surface area contributed by atoms with Gasteiger partial charge in [-0.2, -0.15) is 13.2 Å². The van der Waals surface area contributed by atoms with Crippen molar-refractivity contribution in [3.05, 3.63) is 123 Å². The number of aryl methyl sites for hydroxylation is 1. The maximum atomic E-state index is 14.5. The summed E-state index contributed by atoms with van der Waals surface area (Å²) in [4.78, 5) is 35.8. The standard InChI is InChI=1S/C28H17F5N2O5/c1-15-3-2-4-17(11-15)27(37)40-25-10-5-16(20-8-6-18(29)13-23(20)30)12-21(25)26(36)34-19-7-9-24(35(38)39)22(14-19)28(31,32)33/h2-14H,1H3,(H,34,36). The van der Waals surface area contributed by atoms with Gasteiger partial charge in [0.2, 0.25) is 0 Å². The number of anilines is 1. The highest BCUT2D eigenvalue weighted by Gasteiger charge is 2.38. The molecule has 0 fully saturated rings. The third-order valence-corrected chi connectivity index (χ3v) is 5.68. The van der Waals surface area contributed by atoms with Gasteiger partial charge in [-0.3, -0.25) is 14.9 Å². The maximum absolute atomic E-state index is 14.5. The molecule has 4 aromatic rings. The second kappa shape index (κ2) is 10.9. The molecule has 0 unspecified atom stereocenters. The van der Waals surface area contributed by atoms with Crippen molar-refractivity contribution in [2.24, 2.45) is 0 Å². The highest BCUT2D eigenvalue weighted by atomic mass is 19.4. The van der Waals surface area contributed by atoms with Gasteiger partial charge in [0.05, 0.1) is 16.1 Å². The van der Waals surface area contributed by atoms with Crippen molar-refractivity contribution in [3.63, 3.8) is 0 Å². The number of esters is 1. The Kier molecular flexibility index (Phi) is 7.62. The summed E-state index contributed by atoms with van der Waals surface area (Å²) in [6, 6.07) is 14.5. The first-order valence-electron chi connectivity index (χ1n) is 11.4. The number of hydrogen-bond acceptors (Lipinski definition) is 5. The van der Waals surface area contributed by atoms with E-state index >= 15 is 0 Å². The smallest absolute Gasteiger partial charge is 0.422 e. The molecule has 0 bridgehead atoms. The van der Waals surface area contributed by atoms with E-state index in [2.05, 4.69) is 5.32 Å². The monoisotopic (exact) mass is 556 g/mol. The first-order chi connectivity index (χ1) is 18.8. The van der Waals surface area contributed by atoms with Crippen LogP contribution >= 0.6 is 0 Å². The van der Waals surface area contributed by atoms with Crippen molar-refractivity contribution in [3.8, 4) is 16.9 Å². The molecule has 204 valence electrons. The Morgan fingerprint density at radius 1 is 0.925 bits per heavy atom. The van der Waals surface area contributed by atoms with Gasteiger partial charge in [0.25, 0.3) is 11.6 Å². The molecule has 0 saturated carbocycles. The summed E-state index contributed by atoms with van der Waals surface area (Å²) in [5, 5.41) is 13.2. The molecule has 40 heavy (non-hydrogen) atoms. The summed E-state index contributed by atoms with van der Waals surface area (Å²) in [6.45, 7) is 1.74. The van der Waals surface area contributed by atoms with Crippen LogP contribution in [-0.4, -0.2) is 16.8 Å². The predicted octanol–water partition coefficient (Wildman–Crippen LogP) is 7.34. The number of rotatable bonds is 6. The van der Waals surface area contributed by atoms with Crippen molar-refractivity contribution >= 4 is 23.3 Å². The van der Waals surface area contributed by atoms with Crippen LogP contribution in [0.3, 0.4) is 0 Å². The zero-order chi connectivity index (χ0) is 29.2. The summed E-state index contributed by atoms with van der Waals surface area (Å²) in [5.74, 6) is -4.04. The summed E-state index contributed by atoms with van der Waals surface area (Å²) in [6.07, 6.45) is -5.10. The Bertz CT molecular complexity index is 1650. The molecule has 0 saturated heterocycles. The third-order valence-electron chi connectivity index (χ3n) is 5.68. The minimum atomic E-state index is -5.10. The third kappa shape index (κ3) is 6.12. The number of hydrogen-bond donors (Lipinski definition) is 1. The summed E-state index contributed by atoms with van der Waals surface area (Å²) in [5.41, 5.74) is -2.79. The number of benzene rings is 4. The molecule has 0 aliphatic heterocycles. The highest BCUT2D eigenvalue weighted by Crippen LogP contribution is 2.38. The molecule has 0 aromatic heterocycles. The first-order valence-corrected chi connectivity index (χ1v) is 11.4. The molecule has 7 nitrogen and oxygen atoms in total. The van der Waals surface area contributed by atoms with Crippen molar-refractivity contribution in [1.29, 1.82) is 0 Å². The van der Waals surface area contributed by atoms with Crippen LogP contribution in [0.4, 0.5) is 33.3 Å². The van der Waals surface area contributed by atoms with E-state index in [0.717, 1.165) is 29.8 Å². The molecule has 4 aromatic carbocycles. The van der Waals surface area contributed by atoms with Crippen LogP contribution in [0.5, 0.6) is 5.75 Å². The van der Waals surface area contributed by atoms with Gasteiger partial charge < -0.3 is 10.1 Å². The largest absolute Gasteiger partial charge is 0.423 e. The van der Waals surface area contributed by atoms with Gasteiger partial charge in [0, 0.05) is 23.4 Å². The number of nitrogens with one attached hydrogen (secondary N) is 1. The lowest BCUT2D eigenvalue weighted by Gasteiger charge is -2.14. The number of halogens is 5. The summed E-state index contributed by atoms with van der Waals surface area (Å²) < 4.78 is 73.5. The molecule has 0 heterocycles. The first kappa shape index (κ1) is 27.9. The van der Waals surface area contributed by atoms with Gasteiger partial charge in [-0.1, -0.05) is 23.8 Å². The molecule has 12 heteroatoms. The minimum absolute atomic E-state index is 0.0673. The average Bonchev–Trinajstić information content (AvgIpc) is 2.88. The number of carbonyl (C=O) groups excluding carboxylic acids is 2. The zero-order valence-corrected chi connectivity index (χ0v) is 20.4. The molecule has 1 N–H and O–H groups in total. The van der Waals surface area contributed by atoms with E-state index in [1.54, 1.807) is 19.1 Å². The van der Waals surface area contributed by atoms with E-state index in [0.29, 0.717) is 18.2 Å². The number of carbonyl (C=O) groups is 2. The Morgan fingerprint density at radius 2 is 1.68 bits per heavy atom. The van der Waals surface area contributed by atoms with Gasteiger partial charge in [0.15, 0.2) is 0 Å². The van der Waals surface area contributed by atoms with Gasteiger partial charge >= 0.3 is 12.1 Å². The predicted molar refractivity (Wildman–Crippen MR) is 134 cm³/mol. The van der Waals surface area contributed by atoms with Gasteiger partial charge in [-0.05, 0) is 61.0 Å². The Hall–Kier alpha value is -5.13. The highest BCUT2D eigenvalue weighted by molar-refractivity contribution is 6.08. The fraction of sp³-hybridized carbons (Fsp3) is 0.0714. The van der Waals surface area contributed by atoms with E-state index < -0.39 is 51.5 Å². The number of nitrogens with zero attached hydrogens (tertiary/aromatic N) is 1. The van der Waals surface area contributed by atoms with Crippen molar-refractivity contribution in [1.82, 2.24) is 0 Å². The van der Waals surface area contributed by atoms with Crippen molar-refractivity contribution in [2.45, 2.75) is 13.1 Å². The van der Waals surface area contributed by atoms with Crippen LogP contribution < -0.4 is 10.1 Å². The Balaban J connectivity index is 1.76. The topological polar surface area (TPSA) is 98.5 Å². The van der Waals surface area contributed by atoms with E-state index in [-0.39, 0.29) is 28.0 Å². The second-order valence-corrected chi connectivity index (χ2v) is 8.54. The van der Waals surface area contributed by atoms with Crippen molar-refractivity contribution < 1.29 is 41.2 Å². The lowest BCUT2D eigenvalue weighted by atomic mass is 10.0. The van der Waals surface area contributed by atoms with Crippen LogP contribution in [0, 0.1) is 28.7 Å². The van der Waals surface area contributed by atoms with E-state index in [9.17, 15) is 41.7 Å². The number of nitro groups is 1. The van der Waals surface area contributed by atoms with Gasteiger partial charge in [0.1, 0.15) is 22.9 Å². The summed E-state index contributed by atoms with van der Waals surface area (Å²) in [7, 11) is 0. The molecule has 0 aliphatic carbocycles. The average molecular weight is 556 g/mol. The summed E-state index contributed by atoms with van der Waals surface area (Å²) >= 11 is 0. The normalized spacial score (nSPS) is 11.2. The van der Waals surface area contributed by atoms with Gasteiger partial charge in [-0.25, -0.2) is 13.6 Å². The van der Waals surface area contributed by atoms with E-state index in [1.807, 2.05) is 0 Å². The van der Waals surface area contributed by atoms with Crippen LogP contribution in [0.1, 0.15) is 31.8 Å². The minimum Gasteiger partial charge on any atom is -0.422 e. The van der Waals surface area contributed by atoms with E-state index in [4.69, 9.17) is 4.74 Å². The fourth-order valence-corrected chi connectivity index (χ4v) is 3.82. The Labute approximate surface area is 223 Å². The molecule has 0 atom stereocenters. The molecular formula is C28H17F5N2O5. The molecule has 4 rings (SSSR count).